The minimum atomic E-state index is -4.48. The molecule has 1 aliphatic heterocycles. The fraction of sp³-hybridized carbons (Fsp3) is 0.444. The molecule has 6 nitrogen and oxygen atoms in total. The van der Waals surface area contributed by atoms with Crippen LogP contribution in [0.25, 0.3) is 0 Å². The lowest BCUT2D eigenvalue weighted by molar-refractivity contribution is -0.141. The van der Waals surface area contributed by atoms with Crippen molar-refractivity contribution in [1.82, 2.24) is 9.97 Å². The molecule has 1 fully saturated rings. The van der Waals surface area contributed by atoms with Crippen molar-refractivity contribution in [2.45, 2.75) is 30.7 Å². The number of nitrogens with zero attached hydrogens (tertiary/aromatic N) is 3. The lowest BCUT2D eigenvalue weighted by Crippen LogP contribution is -2.48. The smallest absolute Gasteiger partial charge is 0.433 e. The van der Waals surface area contributed by atoms with E-state index in [1.807, 2.05) is 4.90 Å². The van der Waals surface area contributed by atoms with Gasteiger partial charge in [-0.2, -0.15) is 13.2 Å². The molecular weight excluding hydrogens is 363 g/mol. The number of piperidine rings is 1. The molecule has 0 aliphatic carbocycles. The Balaban J connectivity index is 1.70. The number of halogens is 3. The van der Waals surface area contributed by atoms with Crippen molar-refractivity contribution in [2.24, 2.45) is 0 Å². The van der Waals surface area contributed by atoms with Crippen LogP contribution in [0.4, 0.5) is 18.9 Å². The van der Waals surface area contributed by atoms with E-state index in [9.17, 15) is 23.4 Å². The third-order valence-electron chi connectivity index (χ3n) is 4.87. The fourth-order valence-electron chi connectivity index (χ4n) is 3.24. The molecule has 0 amide bonds. The van der Waals surface area contributed by atoms with E-state index in [0.29, 0.717) is 30.1 Å². The van der Waals surface area contributed by atoms with Crippen molar-refractivity contribution in [3.05, 3.63) is 48.0 Å². The first-order chi connectivity index (χ1) is 12.7. The summed E-state index contributed by atoms with van der Waals surface area (Å²) in [6.07, 6.45) is -1.05. The molecule has 2 aromatic rings. The standard InChI is InChI=1S/C18H20F3N3O3/c1-27-14-4-7-22-11-13(14)16(25)17(26)5-8-24(9-6-17)12-2-3-15(23-10-12)18(19,20)21/h2-4,7,10-11,16,25-26H,5-6,8-9H2,1H3. The number of methoxy groups -OCH3 is 1. The number of pyridine rings is 2. The van der Waals surface area contributed by atoms with Gasteiger partial charge in [-0.05, 0) is 31.0 Å². The molecule has 9 heteroatoms. The average Bonchev–Trinajstić information content (AvgIpc) is 2.67. The summed E-state index contributed by atoms with van der Waals surface area (Å²) < 4.78 is 43.1. The maximum atomic E-state index is 12.6. The molecule has 1 saturated heterocycles. The maximum Gasteiger partial charge on any atom is 0.433 e. The third kappa shape index (κ3) is 3.98. The summed E-state index contributed by atoms with van der Waals surface area (Å²) in [7, 11) is 1.47. The normalized spacial score (nSPS) is 18.2. The van der Waals surface area contributed by atoms with Crippen molar-refractivity contribution >= 4 is 5.69 Å². The zero-order chi connectivity index (χ0) is 19.7. The highest BCUT2D eigenvalue weighted by molar-refractivity contribution is 5.46. The predicted octanol–water partition coefficient (Wildman–Crippen LogP) is 2.57. The minimum absolute atomic E-state index is 0.229. The average molecular weight is 383 g/mol. The SMILES string of the molecule is COc1ccncc1C(O)C1(O)CCN(c2ccc(C(F)(F)F)nc2)CC1. The Kier molecular flexibility index (Phi) is 5.25. The molecular formula is C18H20F3N3O3. The van der Waals surface area contributed by atoms with Gasteiger partial charge in [0.25, 0.3) is 0 Å². The van der Waals surface area contributed by atoms with Crippen LogP contribution in [-0.2, 0) is 6.18 Å². The van der Waals surface area contributed by atoms with Gasteiger partial charge in [0.15, 0.2) is 0 Å². The van der Waals surface area contributed by atoms with Crippen LogP contribution in [0.2, 0.25) is 0 Å². The van der Waals surface area contributed by atoms with Crippen LogP contribution >= 0.6 is 0 Å². The van der Waals surface area contributed by atoms with Crippen LogP contribution in [0.1, 0.15) is 30.2 Å². The Morgan fingerprint density at radius 1 is 1.19 bits per heavy atom. The molecule has 0 saturated carbocycles. The first-order valence-corrected chi connectivity index (χ1v) is 8.41. The molecule has 2 N–H and O–H groups in total. The van der Waals surface area contributed by atoms with Gasteiger partial charge in [0.05, 0.1) is 24.6 Å². The number of aliphatic hydroxyl groups excluding tert-OH is 1. The topological polar surface area (TPSA) is 78.7 Å². The minimum Gasteiger partial charge on any atom is -0.496 e. The van der Waals surface area contributed by atoms with E-state index in [4.69, 9.17) is 4.74 Å². The highest BCUT2D eigenvalue weighted by Crippen LogP contribution is 2.39. The van der Waals surface area contributed by atoms with Crippen molar-refractivity contribution < 1.29 is 28.1 Å². The van der Waals surface area contributed by atoms with Gasteiger partial charge >= 0.3 is 6.18 Å². The Bertz CT molecular complexity index is 775. The molecule has 0 radical (unpaired) electrons. The van der Waals surface area contributed by atoms with E-state index in [0.717, 1.165) is 6.07 Å². The summed E-state index contributed by atoms with van der Waals surface area (Å²) in [6, 6.07) is 3.90. The lowest BCUT2D eigenvalue weighted by Gasteiger charge is -2.42. The molecule has 2 aromatic heterocycles. The van der Waals surface area contributed by atoms with Crippen molar-refractivity contribution in [2.75, 3.05) is 25.1 Å². The van der Waals surface area contributed by atoms with Crippen molar-refractivity contribution in [3.8, 4) is 5.75 Å². The summed E-state index contributed by atoms with van der Waals surface area (Å²) in [5.41, 5.74) is -1.39. The van der Waals surface area contributed by atoms with E-state index in [1.54, 1.807) is 6.07 Å². The van der Waals surface area contributed by atoms with Gasteiger partial charge in [0.1, 0.15) is 17.5 Å². The Morgan fingerprint density at radius 2 is 1.89 bits per heavy atom. The summed E-state index contributed by atoms with van der Waals surface area (Å²) in [4.78, 5) is 9.26. The van der Waals surface area contributed by atoms with E-state index in [1.165, 1.54) is 31.8 Å². The number of aromatic nitrogens is 2. The first kappa shape index (κ1) is 19.4. The van der Waals surface area contributed by atoms with Gasteiger partial charge < -0.3 is 19.8 Å². The number of ether oxygens (including phenoxy) is 1. The van der Waals surface area contributed by atoms with Gasteiger partial charge in [-0.3, -0.25) is 4.98 Å². The highest BCUT2D eigenvalue weighted by Gasteiger charge is 2.41. The highest BCUT2D eigenvalue weighted by atomic mass is 19.4. The largest absolute Gasteiger partial charge is 0.496 e. The van der Waals surface area contributed by atoms with Crippen LogP contribution in [0.15, 0.2) is 36.8 Å². The molecule has 1 unspecified atom stereocenters. The number of alkyl halides is 3. The number of rotatable bonds is 4. The molecule has 146 valence electrons. The molecule has 1 aliphatic rings. The first-order valence-electron chi connectivity index (χ1n) is 8.41. The third-order valence-corrected chi connectivity index (χ3v) is 4.87. The maximum absolute atomic E-state index is 12.6. The Hall–Kier alpha value is -2.39. The van der Waals surface area contributed by atoms with Crippen LogP contribution in [0.3, 0.4) is 0 Å². The van der Waals surface area contributed by atoms with Crippen molar-refractivity contribution in [3.63, 3.8) is 0 Å². The Labute approximate surface area is 154 Å². The molecule has 3 heterocycles. The van der Waals surface area contributed by atoms with Gasteiger partial charge in [0.2, 0.25) is 0 Å². The van der Waals surface area contributed by atoms with Gasteiger partial charge in [-0.1, -0.05) is 0 Å². The van der Waals surface area contributed by atoms with E-state index < -0.39 is 23.6 Å². The number of hydrogen-bond donors (Lipinski definition) is 2. The Morgan fingerprint density at radius 3 is 2.44 bits per heavy atom. The van der Waals surface area contributed by atoms with Gasteiger partial charge in [0, 0.05) is 31.0 Å². The van der Waals surface area contributed by atoms with Crippen molar-refractivity contribution in [1.29, 1.82) is 0 Å². The quantitative estimate of drug-likeness (QED) is 0.845. The molecule has 1 atom stereocenters. The second kappa shape index (κ2) is 7.32. The fourth-order valence-corrected chi connectivity index (χ4v) is 3.24. The van der Waals surface area contributed by atoms with Crippen LogP contribution in [0, 0.1) is 0 Å². The summed E-state index contributed by atoms with van der Waals surface area (Å²) in [5.74, 6) is 0.431. The molecule has 27 heavy (non-hydrogen) atoms. The van der Waals surface area contributed by atoms with Crippen LogP contribution in [0.5, 0.6) is 5.75 Å². The zero-order valence-electron chi connectivity index (χ0n) is 14.6. The summed E-state index contributed by atoms with van der Waals surface area (Å²) in [5, 5.41) is 21.6. The molecule has 0 bridgehead atoms. The van der Waals surface area contributed by atoms with Crippen LogP contribution < -0.4 is 9.64 Å². The monoisotopic (exact) mass is 383 g/mol. The van der Waals surface area contributed by atoms with E-state index in [-0.39, 0.29) is 12.8 Å². The molecule has 0 aromatic carbocycles. The lowest BCUT2D eigenvalue weighted by atomic mass is 9.82. The van der Waals surface area contributed by atoms with Crippen LogP contribution in [-0.4, -0.2) is 46.0 Å². The summed E-state index contributed by atoms with van der Waals surface area (Å²) >= 11 is 0. The zero-order valence-corrected chi connectivity index (χ0v) is 14.6. The number of hydrogen-bond acceptors (Lipinski definition) is 6. The second-order valence-corrected chi connectivity index (χ2v) is 6.51. The second-order valence-electron chi connectivity index (χ2n) is 6.51. The number of anilines is 1. The molecule has 3 rings (SSSR count). The van der Waals surface area contributed by atoms with E-state index >= 15 is 0 Å². The van der Waals surface area contributed by atoms with Gasteiger partial charge in [-0.15, -0.1) is 0 Å². The molecule has 0 spiro atoms. The van der Waals surface area contributed by atoms with Gasteiger partial charge in [-0.25, -0.2) is 4.98 Å². The van der Waals surface area contributed by atoms with E-state index in [2.05, 4.69) is 9.97 Å². The summed E-state index contributed by atoms with van der Waals surface area (Å²) in [6.45, 7) is 0.729. The predicted molar refractivity (Wildman–Crippen MR) is 91.4 cm³/mol. The number of aliphatic hydroxyl groups is 2.